The lowest BCUT2D eigenvalue weighted by molar-refractivity contribution is -0.144. The summed E-state index contributed by atoms with van der Waals surface area (Å²) in [5, 5.41) is 12.6. The summed E-state index contributed by atoms with van der Waals surface area (Å²) < 4.78 is 0. The number of likely N-dealkylation sites (tertiary alicyclic amines) is 1. The zero-order valence-electron chi connectivity index (χ0n) is 11.9. The second kappa shape index (κ2) is 6.91. The smallest absolute Gasteiger partial charge is 0.313 e. The fourth-order valence-electron chi connectivity index (χ4n) is 2.48. The van der Waals surface area contributed by atoms with Gasteiger partial charge in [0.25, 0.3) is 0 Å². The first kappa shape index (κ1) is 15.8. The van der Waals surface area contributed by atoms with Crippen molar-refractivity contribution in [3.05, 3.63) is 29.3 Å². The molecule has 114 valence electrons. The summed E-state index contributed by atoms with van der Waals surface area (Å²) in [7, 11) is 0. The molecule has 5 nitrogen and oxygen atoms in total. The maximum absolute atomic E-state index is 12.1. The van der Waals surface area contributed by atoms with E-state index in [-0.39, 0.29) is 12.0 Å². The molecule has 0 bridgehead atoms. The predicted molar refractivity (Wildman–Crippen MR) is 81.1 cm³/mol. The molecular weight excluding hydrogens is 292 g/mol. The van der Waals surface area contributed by atoms with Gasteiger partial charge in [-0.15, -0.1) is 0 Å². The molecule has 1 saturated heterocycles. The summed E-state index contributed by atoms with van der Waals surface area (Å²) in [6, 6.07) is 6.67. The van der Waals surface area contributed by atoms with Crippen LogP contribution in [0.15, 0.2) is 24.3 Å². The first-order valence-corrected chi connectivity index (χ1v) is 7.39. The van der Waals surface area contributed by atoms with Crippen LogP contribution in [0.4, 0.5) is 5.69 Å². The molecule has 1 aromatic carbocycles. The van der Waals surface area contributed by atoms with Gasteiger partial charge in [-0.05, 0) is 43.9 Å². The van der Waals surface area contributed by atoms with Crippen molar-refractivity contribution in [2.45, 2.75) is 25.9 Å². The van der Waals surface area contributed by atoms with Crippen LogP contribution in [0.2, 0.25) is 5.02 Å². The molecule has 6 heteroatoms. The van der Waals surface area contributed by atoms with Gasteiger partial charge >= 0.3 is 11.8 Å². The van der Waals surface area contributed by atoms with Gasteiger partial charge in [0.1, 0.15) is 0 Å². The number of benzene rings is 1. The highest BCUT2D eigenvalue weighted by molar-refractivity contribution is 6.39. The van der Waals surface area contributed by atoms with E-state index in [1.54, 1.807) is 31.2 Å². The monoisotopic (exact) mass is 310 g/mol. The Labute approximate surface area is 128 Å². The fraction of sp³-hybridized carbons (Fsp3) is 0.467. The molecule has 0 radical (unpaired) electrons. The van der Waals surface area contributed by atoms with Crippen LogP contribution in [0.3, 0.4) is 0 Å². The van der Waals surface area contributed by atoms with E-state index in [0.29, 0.717) is 36.6 Å². The van der Waals surface area contributed by atoms with E-state index >= 15 is 0 Å². The summed E-state index contributed by atoms with van der Waals surface area (Å²) in [6.45, 7) is 2.75. The van der Waals surface area contributed by atoms with Gasteiger partial charge in [-0.25, -0.2) is 0 Å². The number of nitrogens with one attached hydrogen (secondary N) is 1. The highest BCUT2D eigenvalue weighted by Gasteiger charge is 2.28. The summed E-state index contributed by atoms with van der Waals surface area (Å²) in [4.78, 5) is 25.6. The lowest BCUT2D eigenvalue weighted by Crippen LogP contribution is -2.45. The largest absolute Gasteiger partial charge is 0.393 e. The van der Waals surface area contributed by atoms with E-state index in [2.05, 4.69) is 5.32 Å². The van der Waals surface area contributed by atoms with Crippen LogP contribution in [0.5, 0.6) is 0 Å². The molecular formula is C15H19ClN2O3. The number of hydrogen-bond donors (Lipinski definition) is 2. The van der Waals surface area contributed by atoms with Gasteiger partial charge in [-0.1, -0.05) is 17.7 Å². The Hall–Kier alpha value is -1.59. The number of carbonyl (C=O) groups is 2. The number of aliphatic hydroxyl groups is 1. The molecule has 2 rings (SSSR count). The highest BCUT2D eigenvalue weighted by atomic mass is 35.5. The van der Waals surface area contributed by atoms with Gasteiger partial charge in [-0.2, -0.15) is 0 Å². The number of rotatable bonds is 2. The van der Waals surface area contributed by atoms with Gasteiger partial charge in [0.15, 0.2) is 0 Å². The number of anilines is 1. The van der Waals surface area contributed by atoms with Crippen molar-refractivity contribution in [2.24, 2.45) is 5.92 Å². The lowest BCUT2D eigenvalue weighted by atomic mass is 9.92. The van der Waals surface area contributed by atoms with Gasteiger partial charge in [0.05, 0.1) is 6.10 Å². The van der Waals surface area contributed by atoms with Crippen molar-refractivity contribution < 1.29 is 14.7 Å². The summed E-state index contributed by atoms with van der Waals surface area (Å²) in [5.41, 5.74) is 0.500. The Balaban J connectivity index is 1.90. The normalized spacial score (nSPS) is 17.4. The topological polar surface area (TPSA) is 69.6 Å². The molecule has 1 heterocycles. The van der Waals surface area contributed by atoms with Crippen LogP contribution in [-0.2, 0) is 9.59 Å². The molecule has 0 saturated carbocycles. The number of amides is 2. The molecule has 1 aliphatic rings. The second-order valence-corrected chi connectivity index (χ2v) is 5.77. The summed E-state index contributed by atoms with van der Waals surface area (Å²) in [5.74, 6) is -1.00. The van der Waals surface area contributed by atoms with Gasteiger partial charge in [0, 0.05) is 23.8 Å². The Morgan fingerprint density at radius 3 is 2.62 bits per heavy atom. The van der Waals surface area contributed by atoms with Crippen molar-refractivity contribution in [3.8, 4) is 0 Å². The summed E-state index contributed by atoms with van der Waals surface area (Å²) in [6.07, 6.45) is 1.06. The van der Waals surface area contributed by atoms with Crippen molar-refractivity contribution in [3.63, 3.8) is 0 Å². The standard InChI is InChI=1S/C15H19ClN2O3/c1-10(19)11-5-7-18(8-6-11)15(21)14(20)17-13-4-2-3-12(16)9-13/h2-4,9-11,19H,5-8H2,1H3,(H,17,20). The SMILES string of the molecule is CC(O)C1CCN(C(=O)C(=O)Nc2cccc(Cl)c2)CC1. The number of halogens is 1. The Bertz CT molecular complexity index is 525. The van der Waals surface area contributed by atoms with E-state index in [1.807, 2.05) is 0 Å². The predicted octanol–water partition coefficient (Wildman–Crippen LogP) is 1.90. The summed E-state index contributed by atoms with van der Waals surface area (Å²) >= 11 is 5.83. The Kier molecular flexibility index (Phi) is 5.20. The third kappa shape index (κ3) is 4.19. The van der Waals surface area contributed by atoms with Crippen LogP contribution in [-0.4, -0.2) is 41.0 Å². The zero-order chi connectivity index (χ0) is 15.4. The maximum atomic E-state index is 12.1. The van der Waals surface area contributed by atoms with Crippen LogP contribution in [0.25, 0.3) is 0 Å². The van der Waals surface area contributed by atoms with Gasteiger partial charge in [-0.3, -0.25) is 9.59 Å². The van der Waals surface area contributed by atoms with E-state index in [9.17, 15) is 14.7 Å². The second-order valence-electron chi connectivity index (χ2n) is 5.33. The molecule has 0 spiro atoms. The number of piperidine rings is 1. The highest BCUT2D eigenvalue weighted by Crippen LogP contribution is 2.21. The third-order valence-corrected chi connectivity index (χ3v) is 4.02. The Morgan fingerprint density at radius 1 is 1.38 bits per heavy atom. The number of hydrogen-bond acceptors (Lipinski definition) is 3. The average Bonchev–Trinajstić information content (AvgIpc) is 2.46. The molecule has 1 unspecified atom stereocenters. The third-order valence-electron chi connectivity index (χ3n) is 3.79. The number of nitrogens with zero attached hydrogens (tertiary/aromatic N) is 1. The molecule has 2 amide bonds. The molecule has 0 aliphatic carbocycles. The van der Waals surface area contributed by atoms with Gasteiger partial charge in [0.2, 0.25) is 0 Å². The first-order valence-electron chi connectivity index (χ1n) is 7.01. The Morgan fingerprint density at radius 2 is 2.05 bits per heavy atom. The minimum atomic E-state index is -0.659. The van der Waals surface area contributed by atoms with Gasteiger partial charge < -0.3 is 15.3 Å². The molecule has 21 heavy (non-hydrogen) atoms. The molecule has 0 aromatic heterocycles. The molecule has 1 aliphatic heterocycles. The number of carbonyl (C=O) groups excluding carboxylic acids is 2. The number of aliphatic hydroxyl groups excluding tert-OH is 1. The minimum absolute atomic E-state index is 0.199. The van der Waals surface area contributed by atoms with E-state index in [4.69, 9.17) is 11.6 Å². The van der Waals surface area contributed by atoms with Crippen molar-refractivity contribution >= 4 is 29.1 Å². The average molecular weight is 311 g/mol. The van der Waals surface area contributed by atoms with Crippen LogP contribution < -0.4 is 5.32 Å². The van der Waals surface area contributed by atoms with Crippen molar-refractivity contribution in [1.29, 1.82) is 0 Å². The van der Waals surface area contributed by atoms with E-state index < -0.39 is 11.8 Å². The molecule has 1 aromatic rings. The van der Waals surface area contributed by atoms with Crippen LogP contribution >= 0.6 is 11.6 Å². The van der Waals surface area contributed by atoms with Crippen LogP contribution in [0.1, 0.15) is 19.8 Å². The van der Waals surface area contributed by atoms with Crippen molar-refractivity contribution in [2.75, 3.05) is 18.4 Å². The van der Waals surface area contributed by atoms with E-state index in [1.165, 1.54) is 4.90 Å². The molecule has 1 fully saturated rings. The fourth-order valence-corrected chi connectivity index (χ4v) is 2.67. The molecule has 1 atom stereocenters. The lowest BCUT2D eigenvalue weighted by Gasteiger charge is -2.32. The minimum Gasteiger partial charge on any atom is -0.393 e. The quantitative estimate of drug-likeness (QED) is 0.820. The maximum Gasteiger partial charge on any atom is 0.313 e. The van der Waals surface area contributed by atoms with E-state index in [0.717, 1.165) is 0 Å². The molecule has 2 N–H and O–H groups in total. The van der Waals surface area contributed by atoms with Crippen molar-refractivity contribution in [1.82, 2.24) is 4.90 Å². The van der Waals surface area contributed by atoms with Crippen LogP contribution in [0, 0.1) is 5.92 Å². The zero-order valence-corrected chi connectivity index (χ0v) is 12.6. The first-order chi connectivity index (χ1) is 9.97.